The van der Waals surface area contributed by atoms with Gasteiger partial charge in [0.1, 0.15) is 11.7 Å². The Labute approximate surface area is 222 Å². The smallest absolute Gasteiger partial charge is 0.300 e. The first kappa shape index (κ1) is 24.7. The Morgan fingerprint density at radius 2 is 1.71 bits per heavy atom. The molecule has 0 bridgehead atoms. The van der Waals surface area contributed by atoms with E-state index in [1.807, 2.05) is 30.3 Å². The quantitative estimate of drug-likeness (QED) is 0.273. The summed E-state index contributed by atoms with van der Waals surface area (Å²) in [5.74, 6) is 0.320. The van der Waals surface area contributed by atoms with Crippen LogP contribution in [0.25, 0.3) is 39.2 Å². The molecule has 0 amide bonds. The average Bonchev–Trinajstić information content (AvgIpc) is 2.96. The number of nitriles is 1. The van der Waals surface area contributed by atoms with Crippen LogP contribution in [0, 0.1) is 11.3 Å². The molecule has 0 fully saturated rings. The van der Waals surface area contributed by atoms with Crippen molar-refractivity contribution in [3.05, 3.63) is 99.6 Å². The molecule has 3 aromatic heterocycles. The molecular formula is C29H19ClN4O4. The van der Waals surface area contributed by atoms with E-state index in [0.717, 1.165) is 5.56 Å². The molecule has 9 heteroatoms. The molecule has 38 heavy (non-hydrogen) atoms. The van der Waals surface area contributed by atoms with Gasteiger partial charge in [0.05, 0.1) is 42.3 Å². The van der Waals surface area contributed by atoms with Crippen molar-refractivity contribution >= 4 is 23.5 Å². The predicted octanol–water partition coefficient (Wildman–Crippen LogP) is 5.45. The molecule has 0 saturated carbocycles. The second-order valence-corrected chi connectivity index (χ2v) is 8.57. The third kappa shape index (κ3) is 4.15. The molecule has 186 valence electrons. The number of ether oxygens (including phenoxy) is 2. The standard InChI is InChI=1S/C29H19ClN4O4/c1-37-25-15-32-26-13-17(11-12-34(26)29(25)36)19-5-3-8-22(27(19)30)20-6-4-7-21(23(20)14-31)24-10-9-18(16-35)28(33-24)38-2/h3-13,15-16H,1-2H3. The highest BCUT2D eigenvalue weighted by molar-refractivity contribution is 6.36. The number of aromatic nitrogens is 3. The van der Waals surface area contributed by atoms with Gasteiger partial charge in [0.25, 0.3) is 5.56 Å². The summed E-state index contributed by atoms with van der Waals surface area (Å²) >= 11 is 6.93. The maximum Gasteiger partial charge on any atom is 0.300 e. The van der Waals surface area contributed by atoms with E-state index in [1.165, 1.54) is 24.8 Å². The fourth-order valence-corrected chi connectivity index (χ4v) is 4.63. The van der Waals surface area contributed by atoms with Crippen molar-refractivity contribution in [1.82, 2.24) is 14.4 Å². The number of benzene rings is 2. The number of nitrogens with zero attached hydrogens (tertiary/aromatic N) is 4. The van der Waals surface area contributed by atoms with Gasteiger partial charge in [-0.1, -0.05) is 48.0 Å². The molecule has 0 spiro atoms. The van der Waals surface area contributed by atoms with Crippen molar-refractivity contribution < 1.29 is 14.3 Å². The van der Waals surface area contributed by atoms with Crippen LogP contribution in [0.15, 0.2) is 77.9 Å². The van der Waals surface area contributed by atoms with Gasteiger partial charge >= 0.3 is 0 Å². The average molecular weight is 523 g/mol. The molecule has 3 heterocycles. The third-order valence-electron chi connectivity index (χ3n) is 6.16. The minimum absolute atomic E-state index is 0.145. The van der Waals surface area contributed by atoms with Crippen LogP contribution in [0.3, 0.4) is 0 Å². The third-order valence-corrected chi connectivity index (χ3v) is 6.57. The minimum Gasteiger partial charge on any atom is -0.490 e. The fraction of sp³-hybridized carbons (Fsp3) is 0.0690. The van der Waals surface area contributed by atoms with Crippen molar-refractivity contribution in [3.8, 4) is 51.2 Å². The SMILES string of the molecule is COc1nc(-c2cccc(-c3cccc(-c4ccn5c(=O)c(OC)cnc5c4)c3Cl)c2C#N)ccc1C=O. The molecule has 5 aromatic rings. The van der Waals surface area contributed by atoms with Gasteiger partial charge in [-0.05, 0) is 29.8 Å². The van der Waals surface area contributed by atoms with Crippen LogP contribution in [0.5, 0.6) is 11.6 Å². The first-order valence-corrected chi connectivity index (χ1v) is 11.8. The lowest BCUT2D eigenvalue weighted by atomic mass is 9.92. The molecule has 0 unspecified atom stereocenters. The number of hydrogen-bond donors (Lipinski definition) is 0. The van der Waals surface area contributed by atoms with Gasteiger partial charge < -0.3 is 9.47 Å². The van der Waals surface area contributed by atoms with Gasteiger partial charge in [-0.15, -0.1) is 0 Å². The van der Waals surface area contributed by atoms with Gasteiger partial charge in [0, 0.05) is 28.5 Å². The zero-order chi connectivity index (χ0) is 26.8. The molecule has 5 rings (SSSR count). The van der Waals surface area contributed by atoms with E-state index < -0.39 is 0 Å². The summed E-state index contributed by atoms with van der Waals surface area (Å²) in [5.41, 5.74) is 4.60. The lowest BCUT2D eigenvalue weighted by Gasteiger charge is -2.14. The first-order chi connectivity index (χ1) is 18.5. The second-order valence-electron chi connectivity index (χ2n) is 8.20. The molecule has 0 atom stereocenters. The Bertz CT molecular complexity index is 1820. The molecule has 0 saturated heterocycles. The molecule has 0 aliphatic heterocycles. The molecule has 8 nitrogen and oxygen atoms in total. The number of fused-ring (bicyclic) bond motifs is 1. The Kier molecular flexibility index (Phi) is 6.60. The topological polar surface area (TPSA) is 107 Å². The van der Waals surface area contributed by atoms with Gasteiger partial charge in [0.2, 0.25) is 11.6 Å². The van der Waals surface area contributed by atoms with Crippen LogP contribution >= 0.6 is 11.6 Å². The van der Waals surface area contributed by atoms with Crippen molar-refractivity contribution in [2.75, 3.05) is 14.2 Å². The lowest BCUT2D eigenvalue weighted by Crippen LogP contribution is -2.16. The van der Waals surface area contributed by atoms with Gasteiger partial charge in [-0.3, -0.25) is 14.0 Å². The van der Waals surface area contributed by atoms with Crippen LogP contribution in [-0.4, -0.2) is 34.9 Å². The Balaban J connectivity index is 1.65. The number of methoxy groups -OCH3 is 2. The number of aldehydes is 1. The molecule has 0 aliphatic carbocycles. The summed E-state index contributed by atoms with van der Waals surface area (Å²) in [6.45, 7) is 0. The van der Waals surface area contributed by atoms with Crippen LogP contribution < -0.4 is 15.0 Å². The van der Waals surface area contributed by atoms with Crippen LogP contribution in [0.1, 0.15) is 15.9 Å². The van der Waals surface area contributed by atoms with Crippen molar-refractivity contribution in [3.63, 3.8) is 0 Å². The largest absolute Gasteiger partial charge is 0.490 e. The molecule has 0 radical (unpaired) electrons. The summed E-state index contributed by atoms with van der Waals surface area (Å²) in [5, 5.41) is 10.6. The lowest BCUT2D eigenvalue weighted by molar-refractivity contribution is 0.112. The monoisotopic (exact) mass is 522 g/mol. The van der Waals surface area contributed by atoms with E-state index in [2.05, 4.69) is 16.0 Å². The number of hydrogen-bond acceptors (Lipinski definition) is 7. The second kappa shape index (κ2) is 10.2. The highest BCUT2D eigenvalue weighted by Crippen LogP contribution is 2.40. The molecule has 2 aromatic carbocycles. The highest BCUT2D eigenvalue weighted by Gasteiger charge is 2.18. The van der Waals surface area contributed by atoms with Crippen molar-refractivity contribution in [1.29, 1.82) is 5.26 Å². The van der Waals surface area contributed by atoms with Crippen molar-refractivity contribution in [2.24, 2.45) is 0 Å². The van der Waals surface area contributed by atoms with E-state index >= 15 is 0 Å². The van der Waals surface area contributed by atoms with Gasteiger partial charge in [0.15, 0.2) is 6.29 Å². The van der Waals surface area contributed by atoms with Crippen LogP contribution in [0.2, 0.25) is 5.02 Å². The summed E-state index contributed by atoms with van der Waals surface area (Å²) in [4.78, 5) is 32.6. The molecule has 0 aliphatic rings. The number of rotatable bonds is 6. The number of pyridine rings is 2. The summed E-state index contributed by atoms with van der Waals surface area (Å²) in [6, 6.07) is 20.1. The minimum atomic E-state index is -0.314. The maximum atomic E-state index is 12.5. The number of carbonyl (C=O) groups is 1. The van der Waals surface area contributed by atoms with E-state index in [1.54, 1.807) is 36.5 Å². The van der Waals surface area contributed by atoms with Gasteiger partial charge in [-0.25, -0.2) is 9.97 Å². The summed E-state index contributed by atoms with van der Waals surface area (Å²) < 4.78 is 11.7. The summed E-state index contributed by atoms with van der Waals surface area (Å²) in [7, 11) is 2.85. The molecule has 0 N–H and O–H groups in total. The van der Waals surface area contributed by atoms with Crippen molar-refractivity contribution in [2.45, 2.75) is 0 Å². The maximum absolute atomic E-state index is 12.5. The van der Waals surface area contributed by atoms with E-state index in [-0.39, 0.29) is 17.2 Å². The zero-order valence-electron chi connectivity index (χ0n) is 20.3. The number of halogens is 1. The normalized spacial score (nSPS) is 10.7. The Hall–Kier alpha value is -5.00. The highest BCUT2D eigenvalue weighted by atomic mass is 35.5. The van der Waals surface area contributed by atoms with E-state index in [0.29, 0.717) is 56.0 Å². The first-order valence-electron chi connectivity index (χ1n) is 11.4. The summed E-state index contributed by atoms with van der Waals surface area (Å²) in [6.07, 6.45) is 3.67. The Morgan fingerprint density at radius 3 is 2.42 bits per heavy atom. The zero-order valence-corrected chi connectivity index (χ0v) is 21.1. The number of carbonyl (C=O) groups excluding carboxylic acids is 1. The fourth-order valence-electron chi connectivity index (χ4n) is 4.29. The van der Waals surface area contributed by atoms with Gasteiger partial charge in [-0.2, -0.15) is 5.26 Å². The Morgan fingerprint density at radius 1 is 0.974 bits per heavy atom. The van der Waals surface area contributed by atoms with Crippen LogP contribution in [-0.2, 0) is 0 Å². The molecular weight excluding hydrogens is 504 g/mol. The van der Waals surface area contributed by atoms with E-state index in [9.17, 15) is 14.9 Å². The predicted molar refractivity (Wildman–Crippen MR) is 144 cm³/mol. The van der Waals surface area contributed by atoms with E-state index in [4.69, 9.17) is 21.1 Å². The van der Waals surface area contributed by atoms with Crippen LogP contribution in [0.4, 0.5) is 0 Å².